The van der Waals surface area contributed by atoms with Gasteiger partial charge in [0, 0.05) is 16.5 Å². The van der Waals surface area contributed by atoms with Crippen LogP contribution >= 0.6 is 45.6 Å². The molecule has 1 amide bonds. The molecule has 1 N–H and O–H groups in total. The maximum absolute atomic E-state index is 11.7. The molecule has 0 radical (unpaired) electrons. The molecule has 1 aromatic carbocycles. The number of carbonyl (C=O) groups is 1. The molecule has 0 aromatic heterocycles. The molecule has 0 saturated heterocycles. The highest BCUT2D eigenvalue weighted by molar-refractivity contribution is 8.73. The van der Waals surface area contributed by atoms with E-state index in [9.17, 15) is 13.2 Å². The molecule has 0 heterocycles. The molecule has 0 spiro atoms. The van der Waals surface area contributed by atoms with Crippen molar-refractivity contribution in [3.63, 3.8) is 0 Å². The van der Waals surface area contributed by atoms with Gasteiger partial charge in [-0.15, -0.1) is 0 Å². The molecule has 4 nitrogen and oxygen atoms in total. The monoisotopic (exact) mass is 333 g/mol. The fraction of sp³-hybridized carbons (Fsp3) is 0.125. The van der Waals surface area contributed by atoms with Crippen LogP contribution in [0.2, 0.25) is 0 Å². The third kappa shape index (κ3) is 4.93. The van der Waals surface area contributed by atoms with Crippen molar-refractivity contribution in [2.45, 2.75) is 8.02 Å². The molecular weight excluding hydrogens is 329 g/mol. The van der Waals surface area contributed by atoms with Crippen LogP contribution in [0.15, 0.2) is 29.2 Å². The quantitative estimate of drug-likeness (QED) is 0.522. The van der Waals surface area contributed by atoms with Gasteiger partial charge in [0.25, 0.3) is 3.12 Å². The molecule has 0 aliphatic heterocycles. The minimum atomic E-state index is -3.74. The van der Waals surface area contributed by atoms with E-state index in [2.05, 4.69) is 5.32 Å². The van der Waals surface area contributed by atoms with Gasteiger partial charge < -0.3 is 5.32 Å². The lowest BCUT2D eigenvalue weighted by Gasteiger charge is -2.10. The predicted octanol–water partition coefficient (Wildman–Crippen LogP) is 3.00. The average molecular weight is 335 g/mol. The van der Waals surface area contributed by atoms with E-state index in [0.29, 0.717) is 12.1 Å². The first-order chi connectivity index (χ1) is 7.74. The third-order valence-corrected chi connectivity index (χ3v) is 6.33. The standard InChI is InChI=1S/C8H6Cl3NO3S2/c9-8(10,11)16-17(14,15)7-3-1-6(2-4-7)12-5-13/h1-5H,(H,12,13). The van der Waals surface area contributed by atoms with Crippen molar-refractivity contribution in [3.05, 3.63) is 24.3 Å². The van der Waals surface area contributed by atoms with E-state index in [1.165, 1.54) is 24.3 Å². The number of benzene rings is 1. The molecular formula is C8H6Cl3NO3S2. The second kappa shape index (κ2) is 5.67. The molecule has 0 fully saturated rings. The Morgan fingerprint density at radius 2 is 1.71 bits per heavy atom. The number of rotatable bonds is 4. The number of hydrogen-bond donors (Lipinski definition) is 1. The summed E-state index contributed by atoms with van der Waals surface area (Å²) in [6, 6.07) is 5.48. The fourth-order valence-electron chi connectivity index (χ4n) is 0.958. The Hall–Kier alpha value is -0.140. The van der Waals surface area contributed by atoms with Crippen molar-refractivity contribution in [1.29, 1.82) is 0 Å². The molecule has 1 rings (SSSR count). The highest BCUT2D eigenvalue weighted by atomic mass is 35.6. The van der Waals surface area contributed by atoms with Gasteiger partial charge in [0.15, 0.2) is 0 Å². The first-order valence-corrected chi connectivity index (χ1v) is 8.02. The van der Waals surface area contributed by atoms with Crippen molar-refractivity contribution in [2.75, 3.05) is 5.32 Å². The molecule has 94 valence electrons. The van der Waals surface area contributed by atoms with Crippen LogP contribution in [0.3, 0.4) is 0 Å². The second-order valence-corrected chi connectivity index (χ2v) is 9.70. The topological polar surface area (TPSA) is 63.2 Å². The number of alkyl halides is 3. The van der Waals surface area contributed by atoms with E-state index in [1.54, 1.807) is 0 Å². The lowest BCUT2D eigenvalue weighted by Crippen LogP contribution is -2.04. The molecule has 0 atom stereocenters. The zero-order valence-electron chi connectivity index (χ0n) is 8.06. The Bertz CT molecular complexity index is 496. The van der Waals surface area contributed by atoms with E-state index in [-0.39, 0.29) is 15.7 Å². The normalized spacial score (nSPS) is 12.2. The Morgan fingerprint density at radius 3 is 2.12 bits per heavy atom. The van der Waals surface area contributed by atoms with Gasteiger partial charge in [0.05, 0.1) is 4.90 Å². The van der Waals surface area contributed by atoms with Crippen LogP contribution in [0, 0.1) is 0 Å². The summed E-state index contributed by atoms with van der Waals surface area (Å²) >= 11 is 16.2. The van der Waals surface area contributed by atoms with Crippen molar-refractivity contribution in [2.24, 2.45) is 0 Å². The largest absolute Gasteiger partial charge is 0.329 e. The van der Waals surface area contributed by atoms with Crippen molar-refractivity contribution >= 4 is 66.6 Å². The lowest BCUT2D eigenvalue weighted by atomic mass is 10.3. The minimum absolute atomic E-state index is 0.00901. The molecule has 17 heavy (non-hydrogen) atoms. The highest BCUT2D eigenvalue weighted by Gasteiger charge is 2.31. The van der Waals surface area contributed by atoms with E-state index in [1.807, 2.05) is 0 Å². The Morgan fingerprint density at radius 1 is 1.18 bits per heavy atom. The van der Waals surface area contributed by atoms with Gasteiger partial charge in [-0.05, 0) is 24.3 Å². The summed E-state index contributed by atoms with van der Waals surface area (Å²) in [5.41, 5.74) is 0.470. The van der Waals surface area contributed by atoms with Crippen molar-refractivity contribution < 1.29 is 13.2 Å². The van der Waals surface area contributed by atoms with Gasteiger partial charge in [-0.1, -0.05) is 34.8 Å². The zero-order chi connectivity index (χ0) is 13.1. The summed E-state index contributed by atoms with van der Waals surface area (Å²) in [5, 5.41) is 2.37. The van der Waals surface area contributed by atoms with Gasteiger partial charge in [0.2, 0.25) is 15.3 Å². The van der Waals surface area contributed by atoms with Crippen LogP contribution < -0.4 is 5.32 Å². The van der Waals surface area contributed by atoms with Crippen LogP contribution in [0.5, 0.6) is 0 Å². The Balaban J connectivity index is 2.96. The molecule has 0 aliphatic rings. The van der Waals surface area contributed by atoms with Crippen molar-refractivity contribution in [1.82, 2.24) is 0 Å². The van der Waals surface area contributed by atoms with Crippen LogP contribution in [0.1, 0.15) is 0 Å². The number of anilines is 1. The summed E-state index contributed by atoms with van der Waals surface area (Å²) in [6.07, 6.45) is 0.486. The average Bonchev–Trinajstić information content (AvgIpc) is 2.15. The maximum Gasteiger partial charge on any atom is 0.252 e. The first kappa shape index (κ1) is 14.9. The summed E-state index contributed by atoms with van der Waals surface area (Å²) in [4.78, 5) is 10.1. The minimum Gasteiger partial charge on any atom is -0.329 e. The van der Waals surface area contributed by atoms with Crippen LogP contribution in [0.25, 0.3) is 0 Å². The Kier molecular flexibility index (Phi) is 4.97. The van der Waals surface area contributed by atoms with Crippen molar-refractivity contribution in [3.8, 4) is 0 Å². The zero-order valence-corrected chi connectivity index (χ0v) is 12.0. The summed E-state index contributed by atoms with van der Waals surface area (Å²) in [6.45, 7) is 0. The molecule has 0 saturated carbocycles. The molecule has 0 bridgehead atoms. The lowest BCUT2D eigenvalue weighted by molar-refractivity contribution is -0.105. The van der Waals surface area contributed by atoms with Gasteiger partial charge in [0.1, 0.15) is 0 Å². The van der Waals surface area contributed by atoms with E-state index < -0.39 is 12.0 Å². The number of carbonyl (C=O) groups excluding carboxylic acids is 1. The van der Waals surface area contributed by atoms with Gasteiger partial charge >= 0.3 is 0 Å². The summed E-state index contributed by atoms with van der Waals surface area (Å²) < 4.78 is 21.5. The van der Waals surface area contributed by atoms with Gasteiger partial charge in [-0.25, -0.2) is 8.42 Å². The summed E-state index contributed by atoms with van der Waals surface area (Å²) in [7, 11) is -3.54. The Labute approximate surface area is 117 Å². The molecule has 0 aliphatic carbocycles. The smallest absolute Gasteiger partial charge is 0.252 e. The number of nitrogens with one attached hydrogen (secondary N) is 1. The first-order valence-electron chi connectivity index (χ1n) is 4.07. The summed E-state index contributed by atoms with van der Waals surface area (Å²) in [5.74, 6) is 0. The second-order valence-electron chi connectivity index (χ2n) is 2.77. The third-order valence-electron chi connectivity index (χ3n) is 1.57. The van der Waals surface area contributed by atoms with Crippen LogP contribution in [0.4, 0.5) is 5.69 Å². The molecule has 9 heteroatoms. The van der Waals surface area contributed by atoms with E-state index in [4.69, 9.17) is 34.8 Å². The SMILES string of the molecule is O=CNc1ccc(S(=O)(=O)SC(Cl)(Cl)Cl)cc1. The van der Waals surface area contributed by atoms with Crippen LogP contribution in [-0.2, 0) is 13.7 Å². The van der Waals surface area contributed by atoms with Gasteiger partial charge in [-0.3, -0.25) is 4.79 Å². The predicted molar refractivity (Wildman–Crippen MR) is 71.2 cm³/mol. The molecule has 1 aromatic rings. The number of hydrogen-bond acceptors (Lipinski definition) is 4. The fourth-order valence-corrected chi connectivity index (χ4v) is 5.38. The number of halogens is 3. The van der Waals surface area contributed by atoms with E-state index in [0.717, 1.165) is 0 Å². The van der Waals surface area contributed by atoms with Gasteiger partial charge in [-0.2, -0.15) is 0 Å². The molecule has 0 unspecified atom stereocenters. The van der Waals surface area contributed by atoms with Crippen LogP contribution in [-0.4, -0.2) is 18.0 Å². The maximum atomic E-state index is 11.7. The number of amides is 1. The van der Waals surface area contributed by atoms with E-state index >= 15 is 0 Å². The highest BCUT2D eigenvalue weighted by Crippen LogP contribution is 2.44.